The standard InChI is InChI=1S/C21H25N3/c1-21(2)18-6-3-4-7-19(18)24-20(21)13-10-16-8-11-17(12-9-16)23-15-5-14-22/h3-4,7-13,18,20,23-24H,5-6,15H2,1-2H3/b13-10+. The highest BCUT2D eigenvalue weighted by Gasteiger charge is 2.44. The monoisotopic (exact) mass is 319 g/mol. The second kappa shape index (κ2) is 6.97. The fraction of sp³-hybridized carbons (Fsp3) is 0.381. The van der Waals surface area contributed by atoms with Gasteiger partial charge in [0.05, 0.1) is 18.5 Å². The van der Waals surface area contributed by atoms with Crippen LogP contribution in [0.5, 0.6) is 0 Å². The van der Waals surface area contributed by atoms with Gasteiger partial charge in [-0.15, -0.1) is 0 Å². The zero-order valence-corrected chi connectivity index (χ0v) is 14.4. The Morgan fingerprint density at radius 1 is 1.33 bits per heavy atom. The van der Waals surface area contributed by atoms with Gasteiger partial charge in [0, 0.05) is 23.8 Å². The Bertz CT molecular complexity index is 702. The van der Waals surface area contributed by atoms with Crippen molar-refractivity contribution in [3.05, 3.63) is 59.8 Å². The molecule has 2 N–H and O–H groups in total. The van der Waals surface area contributed by atoms with Crippen molar-refractivity contribution in [1.29, 1.82) is 5.26 Å². The SMILES string of the molecule is CC1(C)C(/C=C/c2ccc(NCCC#N)cc2)NC2=CC=CCC21. The molecule has 0 radical (unpaired) electrons. The van der Waals surface area contributed by atoms with Crippen molar-refractivity contribution in [2.45, 2.75) is 32.7 Å². The maximum atomic E-state index is 8.57. The van der Waals surface area contributed by atoms with Gasteiger partial charge in [0.25, 0.3) is 0 Å². The van der Waals surface area contributed by atoms with Crippen LogP contribution in [0.4, 0.5) is 5.69 Å². The molecule has 2 aliphatic rings. The molecular formula is C21H25N3. The van der Waals surface area contributed by atoms with Gasteiger partial charge in [-0.1, -0.05) is 50.3 Å². The van der Waals surface area contributed by atoms with Crippen LogP contribution in [-0.2, 0) is 0 Å². The van der Waals surface area contributed by atoms with Crippen molar-refractivity contribution in [3.8, 4) is 6.07 Å². The first-order chi connectivity index (χ1) is 11.6. The van der Waals surface area contributed by atoms with Gasteiger partial charge in [0.1, 0.15) is 0 Å². The minimum Gasteiger partial charge on any atom is -0.384 e. The minimum absolute atomic E-state index is 0.214. The highest BCUT2D eigenvalue weighted by atomic mass is 15.0. The fourth-order valence-electron chi connectivity index (χ4n) is 3.54. The summed E-state index contributed by atoms with van der Waals surface area (Å²) in [6.45, 7) is 5.39. The summed E-state index contributed by atoms with van der Waals surface area (Å²) in [5.74, 6) is 0.587. The quantitative estimate of drug-likeness (QED) is 0.787. The molecule has 3 nitrogen and oxygen atoms in total. The van der Waals surface area contributed by atoms with Gasteiger partial charge in [-0.2, -0.15) is 5.26 Å². The molecule has 3 heteroatoms. The van der Waals surface area contributed by atoms with Crippen molar-refractivity contribution in [1.82, 2.24) is 5.32 Å². The topological polar surface area (TPSA) is 47.9 Å². The minimum atomic E-state index is 0.214. The third-order valence-electron chi connectivity index (χ3n) is 5.14. The van der Waals surface area contributed by atoms with Gasteiger partial charge < -0.3 is 10.6 Å². The summed E-state index contributed by atoms with van der Waals surface area (Å²) in [5, 5.41) is 15.5. The highest BCUT2D eigenvalue weighted by molar-refractivity contribution is 5.56. The van der Waals surface area contributed by atoms with Crippen LogP contribution in [0.3, 0.4) is 0 Å². The molecule has 1 aromatic rings. The predicted molar refractivity (Wildman–Crippen MR) is 100 cm³/mol. The Hall–Kier alpha value is -2.47. The van der Waals surface area contributed by atoms with Crippen LogP contribution in [0.2, 0.25) is 0 Å². The predicted octanol–water partition coefficient (Wildman–Crippen LogP) is 4.48. The van der Waals surface area contributed by atoms with E-state index in [0.29, 0.717) is 24.9 Å². The molecule has 1 heterocycles. The number of rotatable bonds is 5. The van der Waals surface area contributed by atoms with Crippen molar-refractivity contribution in [3.63, 3.8) is 0 Å². The Labute approximate surface area is 144 Å². The van der Waals surface area contributed by atoms with Gasteiger partial charge in [0.15, 0.2) is 0 Å². The molecule has 2 atom stereocenters. The van der Waals surface area contributed by atoms with Crippen LogP contribution < -0.4 is 10.6 Å². The summed E-state index contributed by atoms with van der Waals surface area (Å²) < 4.78 is 0. The smallest absolute Gasteiger partial charge is 0.0640 e. The summed E-state index contributed by atoms with van der Waals surface area (Å²) >= 11 is 0. The van der Waals surface area contributed by atoms with Crippen molar-refractivity contribution >= 4 is 11.8 Å². The second-order valence-corrected chi connectivity index (χ2v) is 7.10. The molecular weight excluding hydrogens is 294 g/mol. The number of fused-ring (bicyclic) bond motifs is 1. The summed E-state index contributed by atoms with van der Waals surface area (Å²) in [6, 6.07) is 10.8. The Morgan fingerprint density at radius 2 is 2.12 bits per heavy atom. The lowest BCUT2D eigenvalue weighted by molar-refractivity contribution is 0.267. The summed E-state index contributed by atoms with van der Waals surface area (Å²) in [4.78, 5) is 0. The van der Waals surface area contributed by atoms with Crippen LogP contribution in [-0.4, -0.2) is 12.6 Å². The van der Waals surface area contributed by atoms with E-state index in [0.717, 1.165) is 12.1 Å². The normalized spacial score (nSPS) is 24.1. The molecule has 0 amide bonds. The van der Waals surface area contributed by atoms with Crippen LogP contribution in [0.1, 0.15) is 32.3 Å². The van der Waals surface area contributed by atoms with Crippen molar-refractivity contribution in [2.75, 3.05) is 11.9 Å². The lowest BCUT2D eigenvalue weighted by Gasteiger charge is -2.30. The summed E-state index contributed by atoms with van der Waals surface area (Å²) in [6.07, 6.45) is 12.8. The average Bonchev–Trinajstić information content (AvgIpc) is 2.85. The largest absolute Gasteiger partial charge is 0.384 e. The number of anilines is 1. The first-order valence-electron chi connectivity index (χ1n) is 8.63. The van der Waals surface area contributed by atoms with E-state index in [1.807, 2.05) is 0 Å². The number of benzene rings is 1. The maximum absolute atomic E-state index is 8.57. The van der Waals surface area contributed by atoms with E-state index in [4.69, 9.17) is 5.26 Å². The molecule has 1 aromatic carbocycles. The van der Waals surface area contributed by atoms with E-state index in [-0.39, 0.29) is 5.41 Å². The summed E-state index contributed by atoms with van der Waals surface area (Å²) in [7, 11) is 0. The summed E-state index contributed by atoms with van der Waals surface area (Å²) in [5.41, 5.74) is 3.84. The molecule has 0 saturated carbocycles. The number of nitrogens with one attached hydrogen (secondary N) is 2. The third-order valence-corrected chi connectivity index (χ3v) is 5.14. The van der Waals surface area contributed by atoms with Crippen molar-refractivity contribution < 1.29 is 0 Å². The lowest BCUT2D eigenvalue weighted by atomic mass is 9.73. The second-order valence-electron chi connectivity index (χ2n) is 7.10. The van der Waals surface area contributed by atoms with Crippen molar-refractivity contribution in [2.24, 2.45) is 11.3 Å². The average molecular weight is 319 g/mol. The van der Waals surface area contributed by atoms with Gasteiger partial charge in [0.2, 0.25) is 0 Å². The van der Waals surface area contributed by atoms with Gasteiger partial charge in [-0.05, 0) is 35.6 Å². The van der Waals surface area contributed by atoms with Crippen LogP contribution in [0.25, 0.3) is 6.08 Å². The number of nitrogens with zero attached hydrogens (tertiary/aromatic N) is 1. The van der Waals surface area contributed by atoms with Crippen LogP contribution >= 0.6 is 0 Å². The molecule has 0 bridgehead atoms. The molecule has 2 unspecified atom stereocenters. The maximum Gasteiger partial charge on any atom is 0.0640 e. The highest BCUT2D eigenvalue weighted by Crippen LogP contribution is 2.45. The van der Waals surface area contributed by atoms with Gasteiger partial charge in [-0.25, -0.2) is 0 Å². The number of nitriles is 1. The molecule has 24 heavy (non-hydrogen) atoms. The Balaban J connectivity index is 1.65. The zero-order chi connectivity index (χ0) is 17.0. The van der Waals surface area contributed by atoms with Gasteiger partial charge >= 0.3 is 0 Å². The number of hydrogen-bond donors (Lipinski definition) is 2. The van der Waals surface area contributed by atoms with E-state index >= 15 is 0 Å². The molecule has 1 saturated heterocycles. The van der Waals surface area contributed by atoms with E-state index in [1.54, 1.807) is 0 Å². The van der Waals surface area contributed by atoms with E-state index in [2.05, 4.69) is 85.2 Å². The lowest BCUT2D eigenvalue weighted by Crippen LogP contribution is -2.32. The number of allylic oxidation sites excluding steroid dienone is 4. The molecule has 1 fully saturated rings. The van der Waals surface area contributed by atoms with Crippen LogP contribution in [0.15, 0.2) is 54.3 Å². The molecule has 124 valence electrons. The Morgan fingerprint density at radius 3 is 2.83 bits per heavy atom. The number of hydrogen-bond acceptors (Lipinski definition) is 3. The zero-order valence-electron chi connectivity index (χ0n) is 14.4. The Kier molecular flexibility index (Phi) is 4.76. The van der Waals surface area contributed by atoms with Gasteiger partial charge in [-0.3, -0.25) is 0 Å². The van der Waals surface area contributed by atoms with E-state index in [1.165, 1.54) is 11.3 Å². The van der Waals surface area contributed by atoms with Crippen LogP contribution in [0, 0.1) is 22.7 Å². The first-order valence-corrected chi connectivity index (χ1v) is 8.63. The molecule has 0 aromatic heterocycles. The first kappa shape index (κ1) is 16.4. The molecule has 1 aliphatic heterocycles. The third kappa shape index (κ3) is 3.38. The van der Waals surface area contributed by atoms with E-state index in [9.17, 15) is 0 Å². The fourth-order valence-corrected chi connectivity index (χ4v) is 3.54. The molecule has 3 rings (SSSR count). The molecule has 1 aliphatic carbocycles. The molecule has 0 spiro atoms. The van der Waals surface area contributed by atoms with E-state index < -0.39 is 0 Å².